The summed E-state index contributed by atoms with van der Waals surface area (Å²) in [5.74, 6) is 0. The van der Waals surface area contributed by atoms with Gasteiger partial charge in [0.25, 0.3) is 0 Å². The van der Waals surface area contributed by atoms with E-state index >= 15 is 0 Å². The average molecular weight is 243 g/mol. The highest BCUT2D eigenvalue weighted by Gasteiger charge is 2.35. The molecule has 1 fully saturated rings. The quantitative estimate of drug-likeness (QED) is 0.880. The van der Waals surface area contributed by atoms with E-state index in [1.54, 1.807) is 0 Å². The zero-order valence-corrected chi connectivity index (χ0v) is 11.2. The van der Waals surface area contributed by atoms with Gasteiger partial charge in [-0.1, -0.05) is 30.3 Å². The summed E-state index contributed by atoms with van der Waals surface area (Å²) >= 11 is 0. The van der Waals surface area contributed by atoms with Crippen molar-refractivity contribution in [1.29, 1.82) is 5.26 Å². The molecule has 1 aromatic carbocycles. The molecule has 2 rings (SSSR count). The van der Waals surface area contributed by atoms with Crippen molar-refractivity contribution >= 4 is 0 Å². The number of rotatable bonds is 4. The van der Waals surface area contributed by atoms with Crippen molar-refractivity contribution in [3.8, 4) is 6.07 Å². The minimum atomic E-state index is -0.597. The Morgan fingerprint density at radius 1 is 1.44 bits per heavy atom. The first-order valence-electron chi connectivity index (χ1n) is 6.61. The second-order valence-corrected chi connectivity index (χ2v) is 5.09. The summed E-state index contributed by atoms with van der Waals surface area (Å²) in [6.45, 7) is 4.10. The Hall–Kier alpha value is -1.37. The van der Waals surface area contributed by atoms with Gasteiger partial charge in [-0.3, -0.25) is 10.2 Å². The summed E-state index contributed by atoms with van der Waals surface area (Å²) in [5.41, 5.74) is 0.453. The summed E-state index contributed by atoms with van der Waals surface area (Å²) in [7, 11) is 1.87. The van der Waals surface area contributed by atoms with Gasteiger partial charge >= 0.3 is 0 Å². The largest absolute Gasteiger partial charge is 0.298 e. The maximum Gasteiger partial charge on any atom is 0.144 e. The van der Waals surface area contributed by atoms with Crippen molar-refractivity contribution in [2.75, 3.05) is 20.1 Å². The van der Waals surface area contributed by atoms with Gasteiger partial charge in [0.2, 0.25) is 0 Å². The number of nitrogens with zero attached hydrogens (tertiary/aromatic N) is 2. The third-order valence-corrected chi connectivity index (χ3v) is 4.02. The van der Waals surface area contributed by atoms with E-state index in [0.717, 1.165) is 18.7 Å². The average Bonchev–Trinajstić information content (AvgIpc) is 2.82. The first kappa shape index (κ1) is 13.1. The van der Waals surface area contributed by atoms with Crippen molar-refractivity contribution in [2.24, 2.45) is 0 Å². The van der Waals surface area contributed by atoms with Crippen LogP contribution in [-0.4, -0.2) is 31.1 Å². The van der Waals surface area contributed by atoms with E-state index in [0.29, 0.717) is 6.04 Å². The van der Waals surface area contributed by atoms with Crippen LogP contribution in [0.5, 0.6) is 0 Å². The Morgan fingerprint density at radius 3 is 2.67 bits per heavy atom. The van der Waals surface area contributed by atoms with Crippen LogP contribution in [0.1, 0.15) is 25.3 Å². The standard InChI is InChI=1S/C15H21N3/c1-13-7-6-10-18(13)12-15(11-16,17-2)14-8-4-3-5-9-14/h3-5,8-9,13,17H,6-7,10,12H2,1-2H3. The molecule has 0 radical (unpaired) electrons. The molecule has 1 saturated heterocycles. The molecule has 3 nitrogen and oxygen atoms in total. The SMILES string of the molecule is CNC(C#N)(CN1CCCC1C)c1ccccc1. The smallest absolute Gasteiger partial charge is 0.144 e. The van der Waals surface area contributed by atoms with Crippen LogP contribution in [0.3, 0.4) is 0 Å². The van der Waals surface area contributed by atoms with Gasteiger partial charge < -0.3 is 0 Å². The van der Waals surface area contributed by atoms with E-state index in [1.165, 1.54) is 12.8 Å². The van der Waals surface area contributed by atoms with Crippen molar-refractivity contribution in [1.82, 2.24) is 10.2 Å². The van der Waals surface area contributed by atoms with Gasteiger partial charge in [0.1, 0.15) is 5.54 Å². The van der Waals surface area contributed by atoms with Gasteiger partial charge in [-0.05, 0) is 38.9 Å². The zero-order valence-electron chi connectivity index (χ0n) is 11.2. The minimum Gasteiger partial charge on any atom is -0.298 e. The van der Waals surface area contributed by atoms with Gasteiger partial charge in [-0.15, -0.1) is 0 Å². The topological polar surface area (TPSA) is 39.1 Å². The molecule has 2 unspecified atom stereocenters. The molecule has 2 atom stereocenters. The van der Waals surface area contributed by atoms with Crippen molar-refractivity contribution < 1.29 is 0 Å². The summed E-state index contributed by atoms with van der Waals surface area (Å²) in [5, 5.41) is 12.9. The lowest BCUT2D eigenvalue weighted by molar-refractivity contribution is 0.212. The third-order valence-electron chi connectivity index (χ3n) is 4.02. The highest BCUT2D eigenvalue weighted by Crippen LogP contribution is 2.26. The van der Waals surface area contributed by atoms with Crippen LogP contribution in [0.2, 0.25) is 0 Å². The molecular weight excluding hydrogens is 222 g/mol. The lowest BCUT2D eigenvalue weighted by atomic mass is 9.90. The molecule has 1 aromatic rings. The third kappa shape index (κ3) is 2.40. The number of likely N-dealkylation sites (N-methyl/N-ethyl adjacent to an activating group) is 1. The van der Waals surface area contributed by atoms with Crippen molar-refractivity contribution in [2.45, 2.75) is 31.3 Å². The predicted molar refractivity (Wildman–Crippen MR) is 73.1 cm³/mol. The molecule has 18 heavy (non-hydrogen) atoms. The number of hydrogen-bond donors (Lipinski definition) is 1. The molecule has 0 bridgehead atoms. The molecule has 1 aliphatic rings. The molecule has 0 saturated carbocycles. The highest BCUT2D eigenvalue weighted by atomic mass is 15.2. The number of benzene rings is 1. The van der Waals surface area contributed by atoms with Crippen LogP contribution in [0, 0.1) is 11.3 Å². The molecule has 0 spiro atoms. The van der Waals surface area contributed by atoms with Gasteiger partial charge in [0.05, 0.1) is 6.07 Å². The van der Waals surface area contributed by atoms with E-state index in [9.17, 15) is 5.26 Å². The lowest BCUT2D eigenvalue weighted by Crippen LogP contribution is -2.49. The zero-order chi connectivity index (χ0) is 13.0. The second kappa shape index (κ2) is 5.51. The van der Waals surface area contributed by atoms with E-state index in [4.69, 9.17) is 0 Å². The van der Waals surface area contributed by atoms with Crippen molar-refractivity contribution in [3.63, 3.8) is 0 Å². The second-order valence-electron chi connectivity index (χ2n) is 5.09. The van der Waals surface area contributed by atoms with Gasteiger partial charge in [-0.2, -0.15) is 5.26 Å². The van der Waals surface area contributed by atoms with Crippen LogP contribution in [0.4, 0.5) is 0 Å². The maximum absolute atomic E-state index is 9.64. The number of likely N-dealkylation sites (tertiary alicyclic amines) is 1. The van der Waals surface area contributed by atoms with Crippen LogP contribution in [0.25, 0.3) is 0 Å². The predicted octanol–water partition coefficient (Wildman–Crippen LogP) is 2.11. The highest BCUT2D eigenvalue weighted by molar-refractivity contribution is 5.32. The van der Waals surface area contributed by atoms with E-state index < -0.39 is 5.54 Å². The molecule has 1 heterocycles. The molecule has 0 amide bonds. The number of nitriles is 1. The van der Waals surface area contributed by atoms with Gasteiger partial charge in [0, 0.05) is 12.6 Å². The molecule has 0 aliphatic carbocycles. The lowest BCUT2D eigenvalue weighted by Gasteiger charge is -2.33. The monoisotopic (exact) mass is 243 g/mol. The normalized spacial score (nSPS) is 23.5. The van der Waals surface area contributed by atoms with Crippen LogP contribution < -0.4 is 5.32 Å². The fourth-order valence-electron chi connectivity index (χ4n) is 2.73. The first-order chi connectivity index (χ1) is 8.72. The molecule has 0 aromatic heterocycles. The molecule has 96 valence electrons. The first-order valence-corrected chi connectivity index (χ1v) is 6.61. The summed E-state index contributed by atoms with van der Waals surface area (Å²) in [4.78, 5) is 2.41. The summed E-state index contributed by atoms with van der Waals surface area (Å²) < 4.78 is 0. The molecule has 1 aliphatic heterocycles. The Kier molecular flexibility index (Phi) is 4.00. The Bertz CT molecular complexity index is 423. The van der Waals surface area contributed by atoms with Gasteiger partial charge in [0.15, 0.2) is 0 Å². The Labute approximate surface area is 109 Å². The van der Waals surface area contributed by atoms with Crippen LogP contribution >= 0.6 is 0 Å². The van der Waals surface area contributed by atoms with Gasteiger partial charge in [-0.25, -0.2) is 0 Å². The summed E-state index contributed by atoms with van der Waals surface area (Å²) in [6.07, 6.45) is 2.47. The molecular formula is C15H21N3. The summed E-state index contributed by atoms with van der Waals surface area (Å²) in [6, 6.07) is 13.1. The fourth-order valence-corrected chi connectivity index (χ4v) is 2.73. The van der Waals surface area contributed by atoms with Crippen LogP contribution in [-0.2, 0) is 5.54 Å². The van der Waals surface area contributed by atoms with E-state index in [1.807, 2.05) is 37.4 Å². The Morgan fingerprint density at radius 2 is 2.17 bits per heavy atom. The fraction of sp³-hybridized carbons (Fsp3) is 0.533. The van der Waals surface area contributed by atoms with E-state index in [2.05, 4.69) is 23.2 Å². The molecule has 1 N–H and O–H groups in total. The Balaban J connectivity index is 2.25. The number of nitrogens with one attached hydrogen (secondary N) is 1. The van der Waals surface area contributed by atoms with E-state index in [-0.39, 0.29) is 0 Å². The van der Waals surface area contributed by atoms with Crippen molar-refractivity contribution in [3.05, 3.63) is 35.9 Å². The minimum absolute atomic E-state index is 0.579. The maximum atomic E-state index is 9.64. The number of hydrogen-bond acceptors (Lipinski definition) is 3. The molecule has 3 heteroatoms. The van der Waals surface area contributed by atoms with Crippen LogP contribution in [0.15, 0.2) is 30.3 Å².